The van der Waals surface area contributed by atoms with Crippen LogP contribution >= 0.6 is 0 Å². The molecule has 1 atom stereocenters. The number of amides is 2. The van der Waals surface area contributed by atoms with Crippen LogP contribution in [0.5, 0.6) is 5.75 Å². The van der Waals surface area contributed by atoms with E-state index >= 15 is 0 Å². The molecule has 37 heavy (non-hydrogen) atoms. The molecular formula is C25H26F3N5O4. The fourth-order valence-corrected chi connectivity index (χ4v) is 4.48. The van der Waals surface area contributed by atoms with E-state index in [0.29, 0.717) is 37.1 Å². The Labute approximate surface area is 210 Å². The van der Waals surface area contributed by atoms with Crippen LogP contribution in [0.3, 0.4) is 0 Å². The van der Waals surface area contributed by atoms with E-state index in [1.54, 1.807) is 22.8 Å². The normalized spacial score (nSPS) is 17.2. The minimum atomic E-state index is -4.63. The molecular weight excluding hydrogens is 491 g/mol. The van der Waals surface area contributed by atoms with Gasteiger partial charge in [-0.15, -0.1) is 0 Å². The first-order valence-electron chi connectivity index (χ1n) is 12.0. The average molecular weight is 518 g/mol. The van der Waals surface area contributed by atoms with E-state index in [-0.39, 0.29) is 46.3 Å². The van der Waals surface area contributed by atoms with Gasteiger partial charge < -0.3 is 24.7 Å². The van der Waals surface area contributed by atoms with E-state index in [9.17, 15) is 22.8 Å². The summed E-state index contributed by atoms with van der Waals surface area (Å²) < 4.78 is 51.0. The molecule has 2 amide bonds. The first-order chi connectivity index (χ1) is 17.6. The Morgan fingerprint density at radius 3 is 2.35 bits per heavy atom. The summed E-state index contributed by atoms with van der Waals surface area (Å²) in [6.07, 6.45) is -2.79. The van der Waals surface area contributed by atoms with Gasteiger partial charge in [-0.1, -0.05) is 0 Å². The first kappa shape index (κ1) is 25.0. The van der Waals surface area contributed by atoms with Crippen LogP contribution in [0, 0.1) is 5.92 Å². The first-order valence-corrected chi connectivity index (χ1v) is 12.0. The Bertz CT molecular complexity index is 1360. The van der Waals surface area contributed by atoms with Crippen LogP contribution in [0.15, 0.2) is 28.7 Å². The van der Waals surface area contributed by atoms with Gasteiger partial charge in [-0.25, -0.2) is 9.97 Å². The molecule has 1 aromatic carbocycles. The van der Waals surface area contributed by atoms with Crippen molar-refractivity contribution in [1.29, 1.82) is 0 Å². The number of halogens is 3. The van der Waals surface area contributed by atoms with Crippen molar-refractivity contribution < 1.29 is 31.9 Å². The van der Waals surface area contributed by atoms with Crippen molar-refractivity contribution in [3.8, 4) is 17.2 Å². The average Bonchev–Trinajstić information content (AvgIpc) is 3.64. The lowest BCUT2D eigenvalue weighted by atomic mass is 10.1. The lowest BCUT2D eigenvalue weighted by Gasteiger charge is -2.34. The maximum atomic E-state index is 13.4. The number of fused-ring (bicyclic) bond motifs is 1. The summed E-state index contributed by atoms with van der Waals surface area (Å²) in [4.78, 5) is 37.3. The van der Waals surface area contributed by atoms with Gasteiger partial charge in [0.2, 0.25) is 11.8 Å². The smallest absolute Gasteiger partial charge is 0.433 e. The second-order valence-electron chi connectivity index (χ2n) is 9.32. The monoisotopic (exact) mass is 517 g/mol. The Hall–Kier alpha value is -3.67. The summed E-state index contributed by atoms with van der Waals surface area (Å²) in [6.45, 7) is 3.24. The number of oxazole rings is 1. The minimum Gasteiger partial charge on any atom is -0.494 e. The number of rotatable bonds is 5. The number of methoxy groups -OCH3 is 1. The molecule has 12 heteroatoms. The zero-order chi connectivity index (χ0) is 26.5. The van der Waals surface area contributed by atoms with Crippen LogP contribution in [-0.2, 0) is 11.0 Å². The van der Waals surface area contributed by atoms with Crippen molar-refractivity contribution in [3.63, 3.8) is 0 Å². The number of carbonyl (C=O) groups excluding carboxylic acids is 2. The predicted molar refractivity (Wildman–Crippen MR) is 127 cm³/mol. The molecule has 1 aliphatic heterocycles. The highest BCUT2D eigenvalue weighted by atomic mass is 19.4. The summed E-state index contributed by atoms with van der Waals surface area (Å²) in [6, 6.07) is 4.53. The fourth-order valence-electron chi connectivity index (χ4n) is 4.48. The molecule has 3 heterocycles. The van der Waals surface area contributed by atoms with Crippen molar-refractivity contribution >= 4 is 22.7 Å². The molecule has 0 radical (unpaired) electrons. The number of carbonyl (C=O) groups is 2. The van der Waals surface area contributed by atoms with Crippen LogP contribution in [0.25, 0.3) is 22.4 Å². The molecule has 0 spiro atoms. The molecule has 5 rings (SSSR count). The lowest BCUT2D eigenvalue weighted by molar-refractivity contribution is -0.141. The maximum absolute atomic E-state index is 13.4. The number of pyridine rings is 1. The highest BCUT2D eigenvalue weighted by Gasteiger charge is 2.37. The minimum absolute atomic E-state index is 0.0142. The van der Waals surface area contributed by atoms with E-state index in [2.05, 4.69) is 9.97 Å². The molecule has 2 aliphatic rings. The summed E-state index contributed by atoms with van der Waals surface area (Å²) in [5.74, 6) is 0.231. The van der Waals surface area contributed by atoms with Gasteiger partial charge in [0.25, 0.3) is 5.91 Å². The van der Waals surface area contributed by atoms with E-state index in [1.165, 1.54) is 19.2 Å². The number of nitrogens with two attached hydrogens (primary N) is 1. The molecule has 1 aliphatic carbocycles. The van der Waals surface area contributed by atoms with Gasteiger partial charge in [0.15, 0.2) is 11.5 Å². The quantitative estimate of drug-likeness (QED) is 0.550. The molecule has 9 nitrogen and oxygen atoms in total. The fraction of sp³-hybridized carbons (Fsp3) is 0.440. The van der Waals surface area contributed by atoms with Crippen molar-refractivity contribution in [1.82, 2.24) is 19.8 Å². The van der Waals surface area contributed by atoms with Gasteiger partial charge in [0.05, 0.1) is 13.2 Å². The van der Waals surface area contributed by atoms with Crippen LogP contribution < -0.4 is 10.5 Å². The Morgan fingerprint density at radius 2 is 1.76 bits per heavy atom. The number of alkyl halides is 3. The number of hydrogen-bond acceptors (Lipinski definition) is 7. The van der Waals surface area contributed by atoms with Crippen LogP contribution in [0.2, 0.25) is 0 Å². The molecule has 2 aromatic heterocycles. The molecule has 0 unspecified atom stereocenters. The Kier molecular flexibility index (Phi) is 6.30. The number of aromatic nitrogens is 2. The SMILES string of the molecule is COc1ccc(-c2nc(C(=O)N3CCN(C(=O)C4CC4)CC3)c([C@H](C)N)o2)c2ccc(C(F)(F)F)nc12. The third-order valence-corrected chi connectivity index (χ3v) is 6.64. The zero-order valence-corrected chi connectivity index (χ0v) is 20.3. The molecule has 0 bridgehead atoms. The van der Waals surface area contributed by atoms with Crippen LogP contribution in [0.1, 0.15) is 47.7 Å². The summed E-state index contributed by atoms with van der Waals surface area (Å²) in [5.41, 5.74) is 5.39. The molecule has 2 fully saturated rings. The van der Waals surface area contributed by atoms with Crippen molar-refractivity contribution in [2.45, 2.75) is 32.0 Å². The standard InChI is InChI=1S/C25H26F3N5O4/c1-13(29)21-20(24(35)33-11-9-32(10-12-33)23(34)14-3-4-14)31-22(37-21)16-5-7-17(36-2)19-15(16)6-8-18(30-19)25(26,27)28/h5-8,13-14H,3-4,9-12,29H2,1-2H3/t13-/m0/s1. The Morgan fingerprint density at radius 1 is 1.08 bits per heavy atom. The van der Waals surface area contributed by atoms with Gasteiger partial charge in [0.1, 0.15) is 17.0 Å². The van der Waals surface area contributed by atoms with Crippen LogP contribution in [0.4, 0.5) is 13.2 Å². The molecule has 196 valence electrons. The van der Waals surface area contributed by atoms with Crippen molar-refractivity contribution in [2.75, 3.05) is 33.3 Å². The highest BCUT2D eigenvalue weighted by Crippen LogP contribution is 2.37. The number of benzene rings is 1. The highest BCUT2D eigenvalue weighted by molar-refractivity contribution is 5.98. The van der Waals surface area contributed by atoms with Crippen molar-refractivity contribution in [3.05, 3.63) is 41.4 Å². The largest absolute Gasteiger partial charge is 0.494 e. The maximum Gasteiger partial charge on any atom is 0.433 e. The molecule has 3 aromatic rings. The van der Waals surface area contributed by atoms with Gasteiger partial charge >= 0.3 is 6.18 Å². The third-order valence-electron chi connectivity index (χ3n) is 6.64. The second kappa shape index (κ2) is 9.33. The van der Waals surface area contributed by atoms with Crippen LogP contribution in [-0.4, -0.2) is 64.9 Å². The summed E-state index contributed by atoms with van der Waals surface area (Å²) >= 11 is 0. The van der Waals surface area contributed by atoms with Crippen molar-refractivity contribution in [2.24, 2.45) is 11.7 Å². The summed E-state index contributed by atoms with van der Waals surface area (Å²) in [7, 11) is 1.34. The topological polar surface area (TPSA) is 115 Å². The van der Waals surface area contributed by atoms with E-state index in [4.69, 9.17) is 14.9 Å². The van der Waals surface area contributed by atoms with E-state index in [0.717, 1.165) is 18.9 Å². The van der Waals surface area contributed by atoms with E-state index in [1.807, 2.05) is 0 Å². The molecule has 2 N–H and O–H groups in total. The Balaban J connectivity index is 1.48. The summed E-state index contributed by atoms with van der Waals surface area (Å²) in [5, 5.41) is 0.316. The lowest BCUT2D eigenvalue weighted by Crippen LogP contribution is -2.51. The van der Waals surface area contributed by atoms with Gasteiger partial charge in [-0.2, -0.15) is 13.2 Å². The predicted octanol–water partition coefficient (Wildman–Crippen LogP) is 3.63. The molecule has 1 saturated heterocycles. The number of piperazine rings is 1. The second-order valence-corrected chi connectivity index (χ2v) is 9.32. The number of ether oxygens (including phenoxy) is 1. The van der Waals surface area contributed by atoms with Gasteiger partial charge in [-0.3, -0.25) is 9.59 Å². The third kappa shape index (κ3) is 4.73. The molecule has 1 saturated carbocycles. The van der Waals surface area contributed by atoms with Gasteiger partial charge in [-0.05, 0) is 44.0 Å². The number of hydrogen-bond donors (Lipinski definition) is 1. The van der Waals surface area contributed by atoms with Gasteiger partial charge in [0, 0.05) is 43.0 Å². The number of nitrogens with zero attached hydrogens (tertiary/aromatic N) is 4. The zero-order valence-electron chi connectivity index (χ0n) is 20.3. The van der Waals surface area contributed by atoms with E-state index < -0.39 is 17.9 Å².